The molecule has 3 N–H and O–H groups in total. The maximum absolute atomic E-state index is 12.7. The lowest BCUT2D eigenvalue weighted by molar-refractivity contribution is 0.0946. The number of methoxy groups -OCH3 is 2. The first-order chi connectivity index (χ1) is 14.1. The molecule has 3 aromatic heterocycles. The molecule has 0 saturated carbocycles. The van der Waals surface area contributed by atoms with E-state index in [2.05, 4.69) is 25.5 Å². The summed E-state index contributed by atoms with van der Waals surface area (Å²) in [5.74, 6) is 1.07. The van der Waals surface area contributed by atoms with Crippen molar-refractivity contribution in [2.45, 2.75) is 13.5 Å². The summed E-state index contributed by atoms with van der Waals surface area (Å²) in [7, 11) is 3.17. The second-order valence-corrected chi connectivity index (χ2v) is 6.55. The number of ether oxygens (including phenoxy) is 2. The maximum atomic E-state index is 12.7. The zero-order chi connectivity index (χ0) is 20.4. The van der Waals surface area contributed by atoms with Crippen LogP contribution in [0.15, 0.2) is 42.6 Å². The van der Waals surface area contributed by atoms with Crippen LogP contribution in [0.2, 0.25) is 0 Å². The lowest BCUT2D eigenvalue weighted by Gasteiger charge is -2.13. The number of H-pyrrole nitrogens is 2. The van der Waals surface area contributed by atoms with E-state index in [1.54, 1.807) is 26.5 Å². The largest absolute Gasteiger partial charge is 0.496 e. The highest BCUT2D eigenvalue weighted by molar-refractivity contribution is 5.97. The third kappa shape index (κ3) is 3.52. The van der Waals surface area contributed by atoms with Gasteiger partial charge >= 0.3 is 0 Å². The van der Waals surface area contributed by atoms with Gasteiger partial charge in [0.2, 0.25) is 0 Å². The highest BCUT2D eigenvalue weighted by Gasteiger charge is 2.15. The highest BCUT2D eigenvalue weighted by Crippen LogP contribution is 2.28. The monoisotopic (exact) mass is 391 g/mol. The summed E-state index contributed by atoms with van der Waals surface area (Å²) in [4.78, 5) is 20.4. The minimum atomic E-state index is -0.239. The molecule has 0 radical (unpaired) electrons. The van der Waals surface area contributed by atoms with Crippen LogP contribution in [-0.4, -0.2) is 40.3 Å². The van der Waals surface area contributed by atoms with Crippen molar-refractivity contribution in [1.82, 2.24) is 25.5 Å². The Hall–Kier alpha value is -3.81. The van der Waals surface area contributed by atoms with E-state index in [4.69, 9.17) is 9.47 Å². The third-order valence-corrected chi connectivity index (χ3v) is 4.79. The first-order valence-electron chi connectivity index (χ1n) is 9.09. The number of aromatic amines is 2. The highest BCUT2D eigenvalue weighted by atomic mass is 16.5. The Morgan fingerprint density at radius 1 is 1.14 bits per heavy atom. The van der Waals surface area contributed by atoms with Crippen LogP contribution in [-0.2, 0) is 6.54 Å². The van der Waals surface area contributed by atoms with Crippen molar-refractivity contribution in [3.8, 4) is 22.8 Å². The molecule has 0 aliphatic heterocycles. The van der Waals surface area contributed by atoms with E-state index in [9.17, 15) is 4.79 Å². The van der Waals surface area contributed by atoms with Crippen LogP contribution in [0.3, 0.4) is 0 Å². The lowest BCUT2D eigenvalue weighted by Crippen LogP contribution is -2.23. The summed E-state index contributed by atoms with van der Waals surface area (Å²) in [5, 5.41) is 10.7. The Morgan fingerprint density at radius 2 is 1.90 bits per heavy atom. The number of rotatable bonds is 6. The molecular weight excluding hydrogens is 370 g/mol. The fourth-order valence-corrected chi connectivity index (χ4v) is 3.25. The quantitative estimate of drug-likeness (QED) is 0.468. The summed E-state index contributed by atoms with van der Waals surface area (Å²) in [6.45, 7) is 2.21. The molecule has 0 unspecified atom stereocenters. The van der Waals surface area contributed by atoms with Gasteiger partial charge in [0.05, 0.1) is 38.2 Å². The average Bonchev–Trinajstić information content (AvgIpc) is 3.36. The average molecular weight is 391 g/mol. The van der Waals surface area contributed by atoms with Crippen molar-refractivity contribution < 1.29 is 14.3 Å². The summed E-state index contributed by atoms with van der Waals surface area (Å²) in [6, 6.07) is 11.1. The van der Waals surface area contributed by atoms with Gasteiger partial charge in [0.1, 0.15) is 22.8 Å². The number of nitrogens with one attached hydrogen (secondary N) is 3. The van der Waals surface area contributed by atoms with Crippen molar-refractivity contribution in [3.63, 3.8) is 0 Å². The molecule has 4 aromatic rings. The topological polar surface area (TPSA) is 105 Å². The number of hydrogen-bond donors (Lipinski definition) is 3. The molecule has 0 aliphatic rings. The maximum Gasteiger partial charge on any atom is 0.268 e. The van der Waals surface area contributed by atoms with Gasteiger partial charge in [0.25, 0.3) is 5.91 Å². The van der Waals surface area contributed by atoms with Crippen molar-refractivity contribution in [2.75, 3.05) is 14.2 Å². The second-order valence-electron chi connectivity index (χ2n) is 6.55. The van der Waals surface area contributed by atoms with Gasteiger partial charge in [-0.15, -0.1) is 0 Å². The molecule has 148 valence electrons. The summed E-state index contributed by atoms with van der Waals surface area (Å²) < 4.78 is 10.8. The Kier molecular flexibility index (Phi) is 4.90. The van der Waals surface area contributed by atoms with Gasteiger partial charge in [0.15, 0.2) is 0 Å². The number of carbonyl (C=O) groups is 1. The molecule has 0 spiro atoms. The second kappa shape index (κ2) is 7.67. The smallest absolute Gasteiger partial charge is 0.268 e. The van der Waals surface area contributed by atoms with Gasteiger partial charge in [-0.25, -0.2) is 4.98 Å². The van der Waals surface area contributed by atoms with E-state index >= 15 is 0 Å². The van der Waals surface area contributed by atoms with Gasteiger partial charge in [-0.2, -0.15) is 5.10 Å². The first kappa shape index (κ1) is 18.5. The SMILES string of the molecule is COc1cccc(OC)c1CNC(=O)c1cc2ccc(-c3cn[nH]c3C)nc2[nH]1. The molecule has 0 atom stereocenters. The fraction of sp³-hybridized carbons (Fsp3) is 0.190. The molecule has 4 rings (SSSR count). The van der Waals surface area contributed by atoms with Crippen LogP contribution < -0.4 is 14.8 Å². The minimum absolute atomic E-state index is 0.239. The standard InChI is InChI=1S/C21H21N5O3/c1-12-14(11-23-26-12)16-8-7-13-9-17(25-20(13)24-16)21(27)22-10-15-18(28-2)5-4-6-19(15)29-3/h4-9,11H,10H2,1-3H3,(H,22,27)(H,23,26)(H,24,25). The Morgan fingerprint density at radius 3 is 2.55 bits per heavy atom. The van der Waals surface area contributed by atoms with Crippen LogP contribution in [0.25, 0.3) is 22.3 Å². The number of aromatic nitrogens is 4. The number of hydrogen-bond acceptors (Lipinski definition) is 5. The summed E-state index contributed by atoms with van der Waals surface area (Å²) in [6.07, 6.45) is 1.74. The molecule has 0 bridgehead atoms. The number of pyridine rings is 1. The van der Waals surface area contributed by atoms with E-state index in [-0.39, 0.29) is 12.5 Å². The number of benzene rings is 1. The molecule has 3 heterocycles. The van der Waals surface area contributed by atoms with Crippen molar-refractivity contribution in [3.05, 3.63) is 59.5 Å². The van der Waals surface area contributed by atoms with Crippen molar-refractivity contribution in [2.24, 2.45) is 0 Å². The predicted molar refractivity (Wildman–Crippen MR) is 109 cm³/mol. The van der Waals surface area contributed by atoms with Crippen LogP contribution in [0, 0.1) is 6.92 Å². The van der Waals surface area contributed by atoms with E-state index in [1.165, 1.54) is 0 Å². The van der Waals surface area contributed by atoms with Crippen LogP contribution in [0.1, 0.15) is 21.7 Å². The van der Waals surface area contributed by atoms with Gasteiger partial charge in [-0.1, -0.05) is 6.07 Å². The van der Waals surface area contributed by atoms with Crippen LogP contribution in [0.5, 0.6) is 11.5 Å². The van der Waals surface area contributed by atoms with Gasteiger partial charge < -0.3 is 19.8 Å². The number of carbonyl (C=O) groups excluding carboxylic acids is 1. The normalized spacial score (nSPS) is 10.9. The van der Waals surface area contributed by atoms with Gasteiger partial charge in [-0.3, -0.25) is 9.89 Å². The molecule has 8 heteroatoms. The molecule has 8 nitrogen and oxygen atoms in total. The van der Waals surface area contributed by atoms with E-state index in [0.717, 1.165) is 27.9 Å². The van der Waals surface area contributed by atoms with Gasteiger partial charge in [0, 0.05) is 16.6 Å². The van der Waals surface area contributed by atoms with Crippen molar-refractivity contribution in [1.29, 1.82) is 0 Å². The molecule has 0 aliphatic carbocycles. The van der Waals surface area contributed by atoms with Crippen molar-refractivity contribution >= 4 is 16.9 Å². The third-order valence-electron chi connectivity index (χ3n) is 4.79. The zero-order valence-corrected chi connectivity index (χ0v) is 16.4. The number of fused-ring (bicyclic) bond motifs is 1. The summed E-state index contributed by atoms with van der Waals surface area (Å²) in [5.41, 5.74) is 4.50. The Labute approximate surface area is 167 Å². The molecule has 29 heavy (non-hydrogen) atoms. The Bertz CT molecular complexity index is 1160. The Balaban J connectivity index is 1.56. The molecule has 0 saturated heterocycles. The fourth-order valence-electron chi connectivity index (χ4n) is 3.25. The number of nitrogens with zero attached hydrogens (tertiary/aromatic N) is 2. The van der Waals surface area contributed by atoms with Crippen LogP contribution >= 0.6 is 0 Å². The number of amides is 1. The molecular formula is C21H21N5O3. The summed E-state index contributed by atoms with van der Waals surface area (Å²) >= 11 is 0. The predicted octanol–water partition coefficient (Wildman–Crippen LogP) is 3.21. The molecule has 0 fully saturated rings. The van der Waals surface area contributed by atoms with E-state index in [0.29, 0.717) is 22.8 Å². The zero-order valence-electron chi connectivity index (χ0n) is 16.4. The first-order valence-corrected chi connectivity index (χ1v) is 9.09. The molecule has 1 aromatic carbocycles. The lowest BCUT2D eigenvalue weighted by atomic mass is 10.1. The van der Waals surface area contributed by atoms with E-state index in [1.807, 2.05) is 37.3 Å². The van der Waals surface area contributed by atoms with E-state index < -0.39 is 0 Å². The van der Waals surface area contributed by atoms with Crippen LogP contribution in [0.4, 0.5) is 0 Å². The minimum Gasteiger partial charge on any atom is -0.496 e. The van der Waals surface area contributed by atoms with Gasteiger partial charge in [-0.05, 0) is 37.3 Å². The molecule has 1 amide bonds. The number of aryl methyl sites for hydroxylation is 1.